The average Bonchev–Trinajstić information content (AvgIpc) is 3.38. The second kappa shape index (κ2) is 23.8. The fourth-order valence-electron chi connectivity index (χ4n) is 8.20. The number of benzene rings is 8. The van der Waals surface area contributed by atoms with Crippen molar-refractivity contribution in [2.75, 3.05) is 33.0 Å². The van der Waals surface area contributed by atoms with Crippen molar-refractivity contribution in [2.45, 2.75) is 40.9 Å². The van der Waals surface area contributed by atoms with Gasteiger partial charge in [-0.05, 0) is 143 Å². The van der Waals surface area contributed by atoms with Gasteiger partial charge in [0.2, 0.25) is 0 Å². The molecule has 8 aromatic carbocycles. The van der Waals surface area contributed by atoms with Crippen molar-refractivity contribution in [1.29, 1.82) is 0 Å². The van der Waals surface area contributed by atoms with Crippen LogP contribution in [0.5, 0.6) is 40.2 Å². The third kappa shape index (κ3) is 14.9. The highest BCUT2D eigenvalue weighted by molar-refractivity contribution is 7.86. The van der Waals surface area contributed by atoms with Gasteiger partial charge in [0.15, 0.2) is 23.0 Å². The molecule has 0 bridgehead atoms. The van der Waals surface area contributed by atoms with Crippen LogP contribution >= 0.6 is 0 Å². The fourth-order valence-corrected chi connectivity index (χ4v) is 9.58. The van der Waals surface area contributed by atoms with Crippen molar-refractivity contribution in [1.82, 2.24) is 0 Å². The molecule has 0 aliphatic carbocycles. The molecule has 396 valence electrons. The largest absolute Gasteiger partial charge is 0.496 e. The summed E-state index contributed by atoms with van der Waals surface area (Å²) in [5.74, 6) is 1.39. The first kappa shape index (κ1) is 55.9. The second-order valence-electron chi connectivity index (χ2n) is 17.9. The summed E-state index contributed by atoms with van der Waals surface area (Å²) in [6.07, 6.45) is 2.88. The Balaban J connectivity index is 0.000000224. The van der Waals surface area contributed by atoms with Gasteiger partial charge in [-0.3, -0.25) is 0 Å². The molecule has 0 aliphatic rings. The molecule has 0 radical (unpaired) electrons. The van der Waals surface area contributed by atoms with Crippen molar-refractivity contribution in [2.24, 2.45) is 0 Å². The first-order valence-corrected chi connectivity index (χ1v) is 29.0. The van der Waals surface area contributed by atoms with E-state index in [1.54, 1.807) is 42.5 Å². The smallest absolute Gasteiger partial charge is 0.306 e. The summed E-state index contributed by atoms with van der Waals surface area (Å²) in [5.41, 5.74) is 11.7. The number of aryl methyl sites for hydroxylation is 4. The Morgan fingerprint density at radius 2 is 0.921 bits per heavy atom. The molecule has 8 aromatic rings. The number of methoxy groups -OCH3 is 2. The average molecular weight is 1090 g/mol. The quantitative estimate of drug-likeness (QED) is 0.0745. The SMILES string of the molecule is COc1cc(-c2ccc(OCc3ccccc3)c(C)c2)c(OC)c(OS(C)(=O)=O)c1-c1ccc(OS(C)(=O)=O)cc1.Cc1ccc(COc2ccc(-c3cc(C)c(-c4ccc(F)cc4)cc3C)cc2OS(C)(=O)=O)cc1. The van der Waals surface area contributed by atoms with Crippen LogP contribution in [0.25, 0.3) is 44.5 Å². The molecule has 8 rings (SSSR count). The van der Waals surface area contributed by atoms with E-state index in [1.807, 2.05) is 113 Å². The summed E-state index contributed by atoms with van der Waals surface area (Å²) in [6, 6.07) is 46.9. The van der Waals surface area contributed by atoms with E-state index in [-0.39, 0.29) is 35.4 Å². The summed E-state index contributed by atoms with van der Waals surface area (Å²) >= 11 is 0. The van der Waals surface area contributed by atoms with Crippen molar-refractivity contribution in [3.63, 3.8) is 0 Å². The molecule has 0 amide bonds. The summed E-state index contributed by atoms with van der Waals surface area (Å²) < 4.78 is 124. The van der Waals surface area contributed by atoms with Crippen LogP contribution < -0.4 is 31.5 Å². The predicted octanol–water partition coefficient (Wildman–Crippen LogP) is 12.6. The standard InChI is InChI=1S/C30H30O9S2.C29H27FO4S/c1-20-17-23(13-16-26(20)37-19-21-9-7-6-8-10-21)25-18-27(35-2)28(30(29(25)36-3)39-41(5,33)34)22-11-14-24(15-12-22)38-40(4,31)32;1-19-5-7-22(8-6-19)18-33-28-14-11-24(17-29(28)34-35(4,31)32)27-16-20(2)26(15-21(27)3)23-9-12-25(30)13-10-23/h6-18H,19H2,1-5H3;5-17H,18H2,1-4H3. The summed E-state index contributed by atoms with van der Waals surface area (Å²) in [6.45, 7) is 8.60. The minimum atomic E-state index is -4.00. The van der Waals surface area contributed by atoms with Crippen LogP contribution in [0.1, 0.15) is 33.4 Å². The molecular formula is C59H57FO13S3. The van der Waals surface area contributed by atoms with Gasteiger partial charge >= 0.3 is 30.4 Å². The topological polar surface area (TPSA) is 167 Å². The number of hydrogen-bond donors (Lipinski definition) is 0. The van der Waals surface area contributed by atoms with Crippen molar-refractivity contribution in [3.05, 3.63) is 197 Å². The summed E-state index contributed by atoms with van der Waals surface area (Å²) in [5, 5.41) is 0. The van der Waals surface area contributed by atoms with Gasteiger partial charge < -0.3 is 31.5 Å². The second-order valence-corrected chi connectivity index (χ2v) is 22.7. The first-order chi connectivity index (χ1) is 36.0. The van der Waals surface area contributed by atoms with Crippen molar-refractivity contribution < 1.29 is 61.1 Å². The third-order valence-electron chi connectivity index (χ3n) is 11.7. The zero-order chi connectivity index (χ0) is 55.0. The van der Waals surface area contributed by atoms with Crippen LogP contribution in [0.4, 0.5) is 4.39 Å². The minimum Gasteiger partial charge on any atom is -0.496 e. The zero-order valence-corrected chi connectivity index (χ0v) is 45.8. The van der Waals surface area contributed by atoms with E-state index in [2.05, 4.69) is 6.07 Å². The van der Waals surface area contributed by atoms with E-state index in [9.17, 15) is 29.6 Å². The molecule has 0 atom stereocenters. The van der Waals surface area contributed by atoms with E-state index in [0.29, 0.717) is 46.1 Å². The summed E-state index contributed by atoms with van der Waals surface area (Å²) in [4.78, 5) is 0. The number of halogens is 1. The maximum absolute atomic E-state index is 13.4. The predicted molar refractivity (Wildman–Crippen MR) is 295 cm³/mol. The minimum absolute atomic E-state index is 0.0804. The van der Waals surface area contributed by atoms with Gasteiger partial charge in [-0.15, -0.1) is 0 Å². The molecule has 0 unspecified atom stereocenters. The molecule has 76 heavy (non-hydrogen) atoms. The van der Waals surface area contributed by atoms with E-state index >= 15 is 0 Å². The normalized spacial score (nSPS) is 11.4. The van der Waals surface area contributed by atoms with Crippen LogP contribution in [0.15, 0.2) is 158 Å². The highest BCUT2D eigenvalue weighted by atomic mass is 32.2. The Labute approximate surface area is 444 Å². The molecule has 0 aliphatic heterocycles. The highest BCUT2D eigenvalue weighted by Crippen LogP contribution is 2.51. The van der Waals surface area contributed by atoms with Crippen LogP contribution in [0.2, 0.25) is 0 Å². The number of rotatable bonds is 18. The molecule has 0 saturated heterocycles. The number of hydrogen-bond acceptors (Lipinski definition) is 13. The van der Waals surface area contributed by atoms with Crippen LogP contribution in [0, 0.1) is 33.5 Å². The molecule has 0 spiro atoms. The Kier molecular flexibility index (Phi) is 17.5. The van der Waals surface area contributed by atoms with E-state index < -0.39 is 30.4 Å². The molecule has 17 heteroatoms. The Morgan fingerprint density at radius 1 is 0.408 bits per heavy atom. The number of ether oxygens (including phenoxy) is 4. The highest BCUT2D eigenvalue weighted by Gasteiger charge is 2.27. The van der Waals surface area contributed by atoms with Crippen molar-refractivity contribution >= 4 is 30.4 Å². The molecule has 0 heterocycles. The van der Waals surface area contributed by atoms with Gasteiger partial charge in [0.05, 0.1) is 38.6 Å². The van der Waals surface area contributed by atoms with Gasteiger partial charge in [0.1, 0.15) is 36.3 Å². The molecule has 0 saturated carbocycles. The van der Waals surface area contributed by atoms with Crippen LogP contribution in [0.3, 0.4) is 0 Å². The third-order valence-corrected chi connectivity index (χ3v) is 13.2. The lowest BCUT2D eigenvalue weighted by Gasteiger charge is -2.21. The van der Waals surface area contributed by atoms with E-state index in [1.165, 1.54) is 38.5 Å². The summed E-state index contributed by atoms with van der Waals surface area (Å²) in [7, 11) is -8.63. The lowest BCUT2D eigenvalue weighted by molar-refractivity contribution is 0.296. The Bertz CT molecular complexity index is 3700. The lowest BCUT2D eigenvalue weighted by atomic mass is 9.92. The first-order valence-electron chi connectivity index (χ1n) is 23.5. The van der Waals surface area contributed by atoms with Gasteiger partial charge in [-0.1, -0.05) is 109 Å². The molecular weight excluding hydrogens is 1030 g/mol. The van der Waals surface area contributed by atoms with Crippen molar-refractivity contribution in [3.8, 4) is 84.8 Å². The Morgan fingerprint density at radius 3 is 1.47 bits per heavy atom. The van der Waals surface area contributed by atoms with Gasteiger partial charge in [0.25, 0.3) is 0 Å². The maximum Gasteiger partial charge on any atom is 0.306 e. The molecule has 0 fully saturated rings. The van der Waals surface area contributed by atoms with Gasteiger partial charge in [0, 0.05) is 5.56 Å². The Hall–Kier alpha value is -7.86. The lowest BCUT2D eigenvalue weighted by Crippen LogP contribution is -2.09. The fraction of sp³-hybridized carbons (Fsp3) is 0.186. The van der Waals surface area contributed by atoms with Crippen LogP contribution in [-0.2, 0) is 43.6 Å². The van der Waals surface area contributed by atoms with E-state index in [0.717, 1.165) is 74.4 Å². The monoisotopic (exact) mass is 1090 g/mol. The van der Waals surface area contributed by atoms with Gasteiger partial charge in [-0.2, -0.15) is 25.3 Å². The van der Waals surface area contributed by atoms with E-state index in [4.69, 9.17) is 31.5 Å². The molecule has 0 aromatic heterocycles. The zero-order valence-electron chi connectivity index (χ0n) is 43.3. The molecule has 13 nitrogen and oxygen atoms in total. The van der Waals surface area contributed by atoms with Crippen LogP contribution in [-0.4, -0.2) is 58.2 Å². The van der Waals surface area contributed by atoms with Gasteiger partial charge in [-0.25, -0.2) is 4.39 Å². The maximum atomic E-state index is 13.4. The molecule has 0 N–H and O–H groups in total.